The Kier molecular flexibility index (Phi) is 2.48. The molecule has 1 fully saturated rings. The molecule has 1 aromatic carbocycles. The standard InChI is InChI=1S/C12H12N2O2/c1-8-3-5-9(6-4-8)7-10-11(15)14(2)12(16)13-10/h3-7H,1-2H3,(H,13,16)/b10-7+. The minimum absolute atomic E-state index is 0.300. The number of carbonyl (C=O) groups excluding carboxylic acids is 2. The van der Waals surface area contributed by atoms with Crippen LogP contribution in [0.5, 0.6) is 0 Å². The van der Waals surface area contributed by atoms with Gasteiger partial charge in [0.2, 0.25) is 0 Å². The number of nitrogens with one attached hydrogen (secondary N) is 1. The van der Waals surface area contributed by atoms with Crippen LogP contribution in [0.15, 0.2) is 30.0 Å². The Hall–Kier alpha value is -2.10. The number of hydrogen-bond donors (Lipinski definition) is 1. The van der Waals surface area contributed by atoms with Gasteiger partial charge < -0.3 is 5.32 Å². The van der Waals surface area contributed by atoms with E-state index in [1.54, 1.807) is 6.08 Å². The predicted octanol–water partition coefficient (Wildman–Crippen LogP) is 1.52. The summed E-state index contributed by atoms with van der Waals surface area (Å²) >= 11 is 0. The lowest BCUT2D eigenvalue weighted by atomic mass is 10.1. The van der Waals surface area contributed by atoms with E-state index >= 15 is 0 Å². The molecule has 1 saturated heterocycles. The zero-order chi connectivity index (χ0) is 11.7. The van der Waals surface area contributed by atoms with Crippen molar-refractivity contribution in [1.82, 2.24) is 10.2 Å². The number of rotatable bonds is 1. The van der Waals surface area contributed by atoms with E-state index in [2.05, 4.69) is 5.32 Å². The molecule has 4 nitrogen and oxygen atoms in total. The van der Waals surface area contributed by atoms with Crippen LogP contribution in [0.1, 0.15) is 11.1 Å². The Morgan fingerprint density at radius 1 is 1.19 bits per heavy atom. The molecule has 1 aliphatic rings. The molecule has 1 N–H and O–H groups in total. The van der Waals surface area contributed by atoms with E-state index in [-0.39, 0.29) is 11.9 Å². The van der Waals surface area contributed by atoms with Crippen molar-refractivity contribution in [3.05, 3.63) is 41.1 Å². The van der Waals surface area contributed by atoms with Gasteiger partial charge in [-0.3, -0.25) is 9.69 Å². The fraction of sp³-hybridized carbons (Fsp3) is 0.167. The Labute approximate surface area is 93.6 Å². The fourth-order valence-electron chi connectivity index (χ4n) is 1.45. The van der Waals surface area contributed by atoms with Crippen molar-refractivity contribution in [3.8, 4) is 0 Å². The Balaban J connectivity index is 2.29. The molecule has 0 atom stereocenters. The summed E-state index contributed by atoms with van der Waals surface area (Å²) in [5.74, 6) is -0.300. The zero-order valence-corrected chi connectivity index (χ0v) is 9.15. The van der Waals surface area contributed by atoms with Crippen molar-refractivity contribution in [3.63, 3.8) is 0 Å². The third-order valence-corrected chi connectivity index (χ3v) is 2.47. The van der Waals surface area contributed by atoms with Crippen molar-refractivity contribution in [1.29, 1.82) is 0 Å². The first-order valence-corrected chi connectivity index (χ1v) is 4.95. The van der Waals surface area contributed by atoms with Crippen LogP contribution in [-0.2, 0) is 4.79 Å². The Morgan fingerprint density at radius 3 is 2.31 bits per heavy atom. The average Bonchev–Trinajstić information content (AvgIpc) is 2.50. The van der Waals surface area contributed by atoms with E-state index in [4.69, 9.17) is 0 Å². The highest BCUT2D eigenvalue weighted by atomic mass is 16.2. The molecule has 2 rings (SSSR count). The van der Waals surface area contributed by atoms with Crippen LogP contribution in [-0.4, -0.2) is 23.9 Å². The maximum Gasteiger partial charge on any atom is 0.328 e. The second kappa shape index (κ2) is 3.81. The number of hydrogen-bond acceptors (Lipinski definition) is 2. The number of aryl methyl sites for hydroxylation is 1. The first-order chi connectivity index (χ1) is 7.58. The third kappa shape index (κ3) is 1.82. The van der Waals surface area contributed by atoms with Gasteiger partial charge >= 0.3 is 6.03 Å². The number of urea groups is 1. The molecule has 1 aromatic rings. The van der Waals surface area contributed by atoms with Gasteiger partial charge in [-0.1, -0.05) is 29.8 Å². The smallest absolute Gasteiger partial charge is 0.303 e. The maximum absolute atomic E-state index is 11.6. The van der Waals surface area contributed by atoms with Crippen molar-refractivity contribution in [2.24, 2.45) is 0 Å². The SMILES string of the molecule is Cc1ccc(/C=C2/NC(=O)N(C)C2=O)cc1. The monoisotopic (exact) mass is 216 g/mol. The fourth-order valence-corrected chi connectivity index (χ4v) is 1.45. The molecular formula is C12H12N2O2. The van der Waals surface area contributed by atoms with Crippen LogP contribution in [0, 0.1) is 6.92 Å². The van der Waals surface area contributed by atoms with E-state index in [9.17, 15) is 9.59 Å². The van der Waals surface area contributed by atoms with Crippen LogP contribution >= 0.6 is 0 Å². The highest BCUT2D eigenvalue weighted by Gasteiger charge is 2.29. The molecule has 3 amide bonds. The minimum Gasteiger partial charge on any atom is -0.303 e. The second-order valence-corrected chi connectivity index (χ2v) is 3.76. The van der Waals surface area contributed by atoms with Gasteiger partial charge in [0.15, 0.2) is 0 Å². The van der Waals surface area contributed by atoms with Gasteiger partial charge in [-0.15, -0.1) is 0 Å². The van der Waals surface area contributed by atoms with E-state index in [1.807, 2.05) is 31.2 Å². The number of likely N-dealkylation sites (N-methyl/N-ethyl adjacent to an activating group) is 1. The molecule has 0 aromatic heterocycles. The largest absolute Gasteiger partial charge is 0.328 e. The predicted molar refractivity (Wildman–Crippen MR) is 60.5 cm³/mol. The molecule has 1 heterocycles. The van der Waals surface area contributed by atoms with Crippen LogP contribution < -0.4 is 5.32 Å². The highest BCUT2D eigenvalue weighted by Crippen LogP contribution is 2.12. The lowest BCUT2D eigenvalue weighted by molar-refractivity contribution is -0.121. The summed E-state index contributed by atoms with van der Waals surface area (Å²) < 4.78 is 0. The summed E-state index contributed by atoms with van der Waals surface area (Å²) in [5.41, 5.74) is 2.36. The molecule has 4 heteroatoms. The van der Waals surface area contributed by atoms with E-state index in [0.29, 0.717) is 5.70 Å². The topological polar surface area (TPSA) is 49.4 Å². The van der Waals surface area contributed by atoms with Gasteiger partial charge in [0.25, 0.3) is 5.91 Å². The van der Waals surface area contributed by atoms with Gasteiger partial charge in [0, 0.05) is 7.05 Å². The first kappa shape index (κ1) is 10.4. The van der Waals surface area contributed by atoms with Gasteiger partial charge in [0.05, 0.1) is 0 Å². The molecular weight excluding hydrogens is 204 g/mol. The van der Waals surface area contributed by atoms with Gasteiger partial charge in [-0.05, 0) is 18.6 Å². The third-order valence-electron chi connectivity index (χ3n) is 2.47. The van der Waals surface area contributed by atoms with Crippen LogP contribution in [0.2, 0.25) is 0 Å². The maximum atomic E-state index is 11.6. The number of imide groups is 1. The molecule has 16 heavy (non-hydrogen) atoms. The molecule has 1 aliphatic heterocycles. The first-order valence-electron chi connectivity index (χ1n) is 4.95. The molecule has 0 bridgehead atoms. The van der Waals surface area contributed by atoms with E-state index in [0.717, 1.165) is 16.0 Å². The average molecular weight is 216 g/mol. The molecule has 82 valence electrons. The molecule has 0 spiro atoms. The number of nitrogens with zero attached hydrogens (tertiary/aromatic N) is 1. The van der Waals surface area contributed by atoms with E-state index < -0.39 is 0 Å². The summed E-state index contributed by atoms with van der Waals surface area (Å²) in [7, 11) is 1.45. The highest BCUT2D eigenvalue weighted by molar-refractivity contribution is 6.13. The summed E-state index contributed by atoms with van der Waals surface area (Å²) in [5, 5.41) is 2.52. The van der Waals surface area contributed by atoms with Crippen molar-refractivity contribution < 1.29 is 9.59 Å². The number of benzene rings is 1. The van der Waals surface area contributed by atoms with Gasteiger partial charge in [-0.25, -0.2) is 4.79 Å². The van der Waals surface area contributed by atoms with Crippen LogP contribution in [0.25, 0.3) is 6.08 Å². The minimum atomic E-state index is -0.386. The molecule has 0 unspecified atom stereocenters. The van der Waals surface area contributed by atoms with Crippen LogP contribution in [0.3, 0.4) is 0 Å². The summed E-state index contributed by atoms with van der Waals surface area (Å²) in [4.78, 5) is 23.8. The van der Waals surface area contributed by atoms with E-state index in [1.165, 1.54) is 7.05 Å². The normalized spacial score (nSPS) is 18.1. The summed E-state index contributed by atoms with van der Waals surface area (Å²) in [6, 6.07) is 7.33. The number of amides is 3. The number of carbonyl (C=O) groups is 2. The summed E-state index contributed by atoms with van der Waals surface area (Å²) in [6.45, 7) is 1.99. The lowest BCUT2D eigenvalue weighted by Crippen LogP contribution is -2.25. The lowest BCUT2D eigenvalue weighted by Gasteiger charge is -1.99. The van der Waals surface area contributed by atoms with Crippen molar-refractivity contribution >= 4 is 18.0 Å². The van der Waals surface area contributed by atoms with Crippen LogP contribution in [0.4, 0.5) is 4.79 Å². The summed E-state index contributed by atoms with van der Waals surface area (Å²) in [6.07, 6.45) is 1.67. The second-order valence-electron chi connectivity index (χ2n) is 3.76. The van der Waals surface area contributed by atoms with Crippen molar-refractivity contribution in [2.75, 3.05) is 7.05 Å². The molecule has 0 aliphatic carbocycles. The molecule has 0 saturated carbocycles. The zero-order valence-electron chi connectivity index (χ0n) is 9.15. The Bertz CT molecular complexity index is 474. The van der Waals surface area contributed by atoms with Gasteiger partial charge in [0.1, 0.15) is 5.70 Å². The van der Waals surface area contributed by atoms with Crippen molar-refractivity contribution in [2.45, 2.75) is 6.92 Å². The van der Waals surface area contributed by atoms with Gasteiger partial charge in [-0.2, -0.15) is 0 Å². The Morgan fingerprint density at radius 2 is 1.81 bits per heavy atom. The quantitative estimate of drug-likeness (QED) is 0.571. The molecule has 0 radical (unpaired) electrons.